The number of anilines is 1. The maximum Gasteiger partial charge on any atom is 0.471 e. The Bertz CT molecular complexity index is 666. The van der Waals surface area contributed by atoms with Gasteiger partial charge in [0, 0.05) is 21.1 Å². The second-order valence-corrected chi connectivity index (χ2v) is 7.43. The predicted octanol–water partition coefficient (Wildman–Crippen LogP) is 4.10. The zero-order chi connectivity index (χ0) is 18.4. The summed E-state index contributed by atoms with van der Waals surface area (Å²) in [4.78, 5) is 25.8. The Hall–Kier alpha value is -1.47. The summed E-state index contributed by atoms with van der Waals surface area (Å²) in [5.41, 5.74) is -0.586. The highest BCUT2D eigenvalue weighted by molar-refractivity contribution is 6.35. The topological polar surface area (TPSA) is 40.6 Å². The van der Waals surface area contributed by atoms with Gasteiger partial charge in [0.25, 0.3) is 0 Å². The Morgan fingerprint density at radius 1 is 1.12 bits per heavy atom. The van der Waals surface area contributed by atoms with Crippen molar-refractivity contribution in [3.63, 3.8) is 0 Å². The van der Waals surface area contributed by atoms with Crippen LogP contribution in [0.3, 0.4) is 0 Å². The fraction of sp³-hybridized carbons (Fsp3) is 0.467. The number of carbonyl (C=O) groups is 2. The molecular weight excluding hydrogens is 368 g/mol. The monoisotopic (exact) mass is 382 g/mol. The third-order valence-corrected chi connectivity index (χ3v) is 3.95. The van der Waals surface area contributed by atoms with E-state index in [0.717, 1.165) is 4.90 Å². The minimum absolute atomic E-state index is 0.235. The summed E-state index contributed by atoms with van der Waals surface area (Å²) in [7, 11) is 0. The van der Waals surface area contributed by atoms with E-state index in [-0.39, 0.29) is 15.7 Å². The third-order valence-electron chi connectivity index (χ3n) is 3.52. The van der Waals surface area contributed by atoms with E-state index in [1.165, 1.54) is 18.2 Å². The second kappa shape index (κ2) is 6.11. The van der Waals surface area contributed by atoms with Gasteiger partial charge in [0.1, 0.15) is 12.7 Å². The van der Waals surface area contributed by atoms with Gasteiger partial charge in [-0.15, -0.1) is 0 Å². The van der Waals surface area contributed by atoms with Crippen LogP contribution in [-0.4, -0.2) is 35.6 Å². The maximum absolute atomic E-state index is 12.9. The number of hydrogen-bond acceptors (Lipinski definition) is 2. The fourth-order valence-electron chi connectivity index (χ4n) is 2.75. The standard InChI is InChI=1S/C15H15Cl2F3N2O2/c1-14(2,3)12-21(13(24)15(18,19)20)7-11(23)22(12)10-5-8(16)4-9(17)6-10/h4-6,12H,7H2,1-3H3/t12-/m0/s1. The van der Waals surface area contributed by atoms with Gasteiger partial charge >= 0.3 is 12.1 Å². The molecule has 2 rings (SSSR count). The lowest BCUT2D eigenvalue weighted by Gasteiger charge is -2.39. The summed E-state index contributed by atoms with van der Waals surface area (Å²) >= 11 is 11.9. The Morgan fingerprint density at radius 3 is 2.04 bits per heavy atom. The quantitative estimate of drug-likeness (QED) is 0.733. The van der Waals surface area contributed by atoms with Crippen LogP contribution < -0.4 is 4.90 Å². The van der Waals surface area contributed by atoms with Gasteiger partial charge < -0.3 is 4.90 Å². The lowest BCUT2D eigenvalue weighted by molar-refractivity contribution is -0.188. The molecule has 0 bridgehead atoms. The number of nitrogens with zero attached hydrogens (tertiary/aromatic N) is 2. The number of hydrogen-bond donors (Lipinski definition) is 0. The largest absolute Gasteiger partial charge is 0.471 e. The van der Waals surface area contributed by atoms with Gasteiger partial charge in [0.05, 0.1) is 0 Å². The Morgan fingerprint density at radius 2 is 1.62 bits per heavy atom. The van der Waals surface area contributed by atoms with Gasteiger partial charge in [-0.05, 0) is 18.2 Å². The molecule has 1 fully saturated rings. The van der Waals surface area contributed by atoms with E-state index in [2.05, 4.69) is 0 Å². The van der Waals surface area contributed by atoms with E-state index in [9.17, 15) is 22.8 Å². The molecule has 1 aromatic carbocycles. The molecule has 0 saturated carbocycles. The van der Waals surface area contributed by atoms with E-state index in [4.69, 9.17) is 23.2 Å². The Labute approximate surface area is 147 Å². The van der Waals surface area contributed by atoms with Crippen LogP contribution >= 0.6 is 23.2 Å². The Kier molecular flexibility index (Phi) is 4.80. The van der Waals surface area contributed by atoms with E-state index in [0.29, 0.717) is 4.90 Å². The highest BCUT2D eigenvalue weighted by Crippen LogP contribution is 2.39. The fourth-order valence-corrected chi connectivity index (χ4v) is 3.26. The van der Waals surface area contributed by atoms with Crippen molar-refractivity contribution in [2.45, 2.75) is 33.1 Å². The molecule has 0 N–H and O–H groups in total. The van der Waals surface area contributed by atoms with Crippen molar-refractivity contribution in [3.05, 3.63) is 28.2 Å². The van der Waals surface area contributed by atoms with Crippen LogP contribution in [-0.2, 0) is 9.59 Å². The number of benzene rings is 1. The smallest absolute Gasteiger partial charge is 0.304 e. The number of amides is 2. The lowest BCUT2D eigenvalue weighted by atomic mass is 9.90. The molecule has 1 aliphatic heterocycles. The second-order valence-electron chi connectivity index (χ2n) is 6.56. The van der Waals surface area contributed by atoms with Gasteiger partial charge in [-0.2, -0.15) is 13.2 Å². The van der Waals surface area contributed by atoms with Gasteiger partial charge in [0.2, 0.25) is 5.91 Å². The summed E-state index contributed by atoms with van der Waals surface area (Å²) in [6.07, 6.45) is -6.18. The first-order valence-corrected chi connectivity index (χ1v) is 7.74. The number of halogens is 5. The normalized spacial score (nSPS) is 19.2. The van der Waals surface area contributed by atoms with Crippen LogP contribution in [0.15, 0.2) is 18.2 Å². The van der Waals surface area contributed by atoms with Gasteiger partial charge in [-0.1, -0.05) is 44.0 Å². The van der Waals surface area contributed by atoms with Crippen LogP contribution in [0.5, 0.6) is 0 Å². The molecule has 1 atom stereocenters. The third kappa shape index (κ3) is 3.62. The average molecular weight is 383 g/mol. The highest BCUT2D eigenvalue weighted by atomic mass is 35.5. The molecule has 0 aliphatic carbocycles. The molecule has 132 valence electrons. The first-order chi connectivity index (χ1) is 10.8. The molecule has 1 saturated heterocycles. The average Bonchev–Trinajstić information content (AvgIpc) is 2.72. The summed E-state index contributed by atoms with van der Waals surface area (Å²) in [6, 6.07) is 4.29. The van der Waals surface area contributed by atoms with Crippen molar-refractivity contribution in [2.24, 2.45) is 5.41 Å². The lowest BCUT2D eigenvalue weighted by Crippen LogP contribution is -2.53. The van der Waals surface area contributed by atoms with Crippen molar-refractivity contribution in [1.82, 2.24) is 4.90 Å². The van der Waals surface area contributed by atoms with Crippen molar-refractivity contribution in [1.29, 1.82) is 0 Å². The van der Waals surface area contributed by atoms with Crippen LogP contribution in [0.2, 0.25) is 10.0 Å². The number of carbonyl (C=O) groups excluding carboxylic acids is 2. The zero-order valence-corrected chi connectivity index (χ0v) is 14.6. The molecule has 1 aromatic rings. The van der Waals surface area contributed by atoms with Crippen molar-refractivity contribution in [2.75, 3.05) is 11.4 Å². The molecule has 24 heavy (non-hydrogen) atoms. The molecule has 0 unspecified atom stereocenters. The predicted molar refractivity (Wildman–Crippen MR) is 85.0 cm³/mol. The van der Waals surface area contributed by atoms with Gasteiger partial charge in [-0.25, -0.2) is 0 Å². The first kappa shape index (κ1) is 18.9. The van der Waals surface area contributed by atoms with Crippen LogP contribution in [0.4, 0.5) is 18.9 Å². The van der Waals surface area contributed by atoms with E-state index in [1.807, 2.05) is 0 Å². The van der Waals surface area contributed by atoms with Crippen LogP contribution in [0.1, 0.15) is 20.8 Å². The maximum atomic E-state index is 12.9. The number of alkyl halides is 3. The molecule has 4 nitrogen and oxygen atoms in total. The van der Waals surface area contributed by atoms with E-state index >= 15 is 0 Å². The van der Waals surface area contributed by atoms with Gasteiger partial charge in [0.15, 0.2) is 0 Å². The molecule has 1 heterocycles. The summed E-state index contributed by atoms with van der Waals surface area (Å²) < 4.78 is 38.7. The van der Waals surface area contributed by atoms with Crippen LogP contribution in [0, 0.1) is 5.41 Å². The summed E-state index contributed by atoms with van der Waals surface area (Å²) in [6.45, 7) is 4.27. The first-order valence-electron chi connectivity index (χ1n) is 6.98. The highest BCUT2D eigenvalue weighted by Gasteiger charge is 2.54. The summed E-state index contributed by atoms with van der Waals surface area (Å²) in [5.74, 6) is -2.68. The SMILES string of the molecule is CC(C)(C)[C@H]1N(C(=O)C(F)(F)F)CC(=O)N1c1cc(Cl)cc(Cl)c1. The van der Waals surface area contributed by atoms with E-state index < -0.39 is 36.1 Å². The summed E-state index contributed by atoms with van der Waals surface area (Å²) in [5, 5.41) is 0.470. The molecule has 0 spiro atoms. The minimum Gasteiger partial charge on any atom is -0.304 e. The van der Waals surface area contributed by atoms with Gasteiger partial charge in [-0.3, -0.25) is 14.5 Å². The van der Waals surface area contributed by atoms with Crippen molar-refractivity contribution < 1.29 is 22.8 Å². The molecule has 2 amide bonds. The molecule has 9 heteroatoms. The van der Waals surface area contributed by atoms with Crippen LogP contribution in [0.25, 0.3) is 0 Å². The number of rotatable bonds is 1. The Balaban J connectivity index is 2.54. The molecule has 0 aromatic heterocycles. The minimum atomic E-state index is -5.06. The molecular formula is C15H15Cl2F3N2O2. The molecule has 0 radical (unpaired) electrons. The van der Waals surface area contributed by atoms with Crippen molar-refractivity contribution >= 4 is 40.7 Å². The van der Waals surface area contributed by atoms with Crippen molar-refractivity contribution in [3.8, 4) is 0 Å². The molecule has 1 aliphatic rings. The zero-order valence-electron chi connectivity index (χ0n) is 13.1. The van der Waals surface area contributed by atoms with E-state index in [1.54, 1.807) is 20.8 Å².